The molecule has 0 rings (SSSR count). The van der Waals surface area contributed by atoms with Crippen LogP contribution < -0.4 is 5.32 Å². The first-order valence-corrected chi connectivity index (χ1v) is 13.3. The Morgan fingerprint density at radius 1 is 0.750 bits per heavy atom. The van der Waals surface area contributed by atoms with Gasteiger partial charge in [-0.3, -0.25) is 14.5 Å². The Bertz CT molecular complexity index is 539. The van der Waals surface area contributed by atoms with E-state index < -0.39 is 18.5 Å². The molecule has 10 heteroatoms. The zero-order valence-electron chi connectivity index (χ0n) is 21.7. The van der Waals surface area contributed by atoms with Gasteiger partial charge in [0.25, 0.3) is 0 Å². The van der Waals surface area contributed by atoms with Crippen LogP contribution in [0.15, 0.2) is 0 Å². The van der Waals surface area contributed by atoms with Crippen LogP contribution in [0.2, 0.25) is 0 Å². The van der Waals surface area contributed by atoms with Crippen molar-refractivity contribution in [2.45, 2.75) is 104 Å². The number of ether oxygens (including phenoxy) is 1. The predicted octanol–water partition coefficient (Wildman–Crippen LogP) is 3.41. The second-order valence-electron chi connectivity index (χ2n) is 9.64. The minimum atomic E-state index is -1.06. The van der Waals surface area contributed by atoms with Gasteiger partial charge in [0.2, 0.25) is 5.91 Å². The SMILES string of the molecule is CC(C)CCCCCCCCCCCCCCC(=O)NCCN(CCOCC(=O)O)CC(=O)O.[NaH].[NaH]. The summed E-state index contributed by atoms with van der Waals surface area (Å²) >= 11 is 0. The Morgan fingerprint density at radius 2 is 1.25 bits per heavy atom. The van der Waals surface area contributed by atoms with E-state index in [-0.39, 0.29) is 78.2 Å². The van der Waals surface area contributed by atoms with Gasteiger partial charge < -0.3 is 20.3 Å². The molecule has 0 bridgehead atoms. The Hall–Kier alpha value is 0.330. The van der Waals surface area contributed by atoms with Crippen LogP contribution in [0.1, 0.15) is 104 Å². The van der Waals surface area contributed by atoms with E-state index in [9.17, 15) is 14.4 Å². The van der Waals surface area contributed by atoms with Crippen molar-refractivity contribution >= 4 is 77.0 Å². The molecule has 0 aliphatic carbocycles. The third-order valence-corrected chi connectivity index (χ3v) is 5.82. The van der Waals surface area contributed by atoms with E-state index in [2.05, 4.69) is 19.2 Å². The van der Waals surface area contributed by atoms with Crippen LogP contribution in [0.4, 0.5) is 0 Å². The summed E-state index contributed by atoms with van der Waals surface area (Å²) in [4.78, 5) is 35.0. The first kappa shape index (κ1) is 40.8. The predicted molar refractivity (Wildman–Crippen MR) is 149 cm³/mol. The van der Waals surface area contributed by atoms with E-state index in [0.717, 1.165) is 18.8 Å². The summed E-state index contributed by atoms with van der Waals surface area (Å²) < 4.78 is 4.95. The van der Waals surface area contributed by atoms with Crippen LogP contribution in [0.5, 0.6) is 0 Å². The summed E-state index contributed by atoms with van der Waals surface area (Å²) in [5.74, 6) is -1.20. The summed E-state index contributed by atoms with van der Waals surface area (Å²) in [5, 5.41) is 20.4. The number of carbonyl (C=O) groups is 3. The van der Waals surface area contributed by atoms with Gasteiger partial charge in [0.05, 0.1) is 13.2 Å². The average Bonchev–Trinajstić information content (AvgIpc) is 2.76. The molecule has 204 valence electrons. The standard InChI is InChI=1S/C26H50N2O6.2Na.2H/c1-23(2)15-13-11-9-7-5-3-4-6-8-10-12-14-16-24(29)27-17-18-28(21-25(30)31)19-20-34-22-26(32)33;;;;/h23H,3-22H2,1-2H3,(H,27,29)(H,30,31)(H,32,33);;;;. The molecular formula is C26H52N2Na2O6. The van der Waals surface area contributed by atoms with Crippen LogP contribution in [-0.2, 0) is 19.1 Å². The molecule has 0 aromatic rings. The molecule has 0 atom stereocenters. The third-order valence-electron chi connectivity index (χ3n) is 5.82. The molecule has 0 saturated carbocycles. The maximum absolute atomic E-state index is 12.0. The van der Waals surface area contributed by atoms with Crippen molar-refractivity contribution < 1.29 is 29.3 Å². The Kier molecular flexibility index (Phi) is 33.9. The van der Waals surface area contributed by atoms with Crippen molar-refractivity contribution in [1.29, 1.82) is 0 Å². The molecule has 0 aliphatic rings. The number of carbonyl (C=O) groups excluding carboxylic acids is 1. The molecule has 0 saturated heterocycles. The van der Waals surface area contributed by atoms with Crippen LogP contribution >= 0.6 is 0 Å². The minimum absolute atomic E-state index is 0. The summed E-state index contributed by atoms with van der Waals surface area (Å²) in [6.45, 7) is 5.18. The van der Waals surface area contributed by atoms with Crippen molar-refractivity contribution in [2.75, 3.05) is 39.4 Å². The number of carboxylic acids is 2. The molecule has 0 spiro atoms. The zero-order valence-corrected chi connectivity index (χ0v) is 21.7. The monoisotopic (exact) mass is 534 g/mol. The Labute approximate surface area is 263 Å². The molecule has 1 amide bonds. The Morgan fingerprint density at radius 3 is 1.72 bits per heavy atom. The fourth-order valence-electron chi connectivity index (χ4n) is 3.86. The van der Waals surface area contributed by atoms with Crippen molar-refractivity contribution in [3.05, 3.63) is 0 Å². The van der Waals surface area contributed by atoms with E-state index in [4.69, 9.17) is 14.9 Å². The molecule has 0 heterocycles. The van der Waals surface area contributed by atoms with E-state index in [1.165, 1.54) is 70.6 Å². The van der Waals surface area contributed by atoms with Crippen LogP contribution in [0.25, 0.3) is 0 Å². The van der Waals surface area contributed by atoms with Gasteiger partial charge in [-0.15, -0.1) is 0 Å². The summed E-state index contributed by atoms with van der Waals surface area (Å²) in [6.07, 6.45) is 17.1. The van der Waals surface area contributed by atoms with E-state index in [1.807, 2.05) is 0 Å². The number of carboxylic acid groups (broad SMARTS) is 2. The second kappa shape index (κ2) is 29.9. The van der Waals surface area contributed by atoms with Gasteiger partial charge in [0.15, 0.2) is 0 Å². The summed E-state index contributed by atoms with van der Waals surface area (Å²) in [5.41, 5.74) is 0. The van der Waals surface area contributed by atoms with Crippen molar-refractivity contribution in [3.63, 3.8) is 0 Å². The number of nitrogens with zero attached hydrogens (tertiary/aromatic N) is 1. The van der Waals surface area contributed by atoms with E-state index in [1.54, 1.807) is 4.90 Å². The first-order valence-electron chi connectivity index (χ1n) is 13.3. The third kappa shape index (κ3) is 32.4. The van der Waals surface area contributed by atoms with Gasteiger partial charge >= 0.3 is 71.1 Å². The fraction of sp³-hybridized carbons (Fsp3) is 0.885. The van der Waals surface area contributed by atoms with Crippen molar-refractivity contribution in [2.24, 2.45) is 5.92 Å². The van der Waals surface area contributed by atoms with Crippen LogP contribution in [0.3, 0.4) is 0 Å². The maximum atomic E-state index is 12.0. The first-order chi connectivity index (χ1) is 16.3. The normalized spacial score (nSPS) is 10.7. The summed E-state index contributed by atoms with van der Waals surface area (Å²) in [7, 11) is 0. The van der Waals surface area contributed by atoms with E-state index in [0.29, 0.717) is 26.1 Å². The van der Waals surface area contributed by atoms with Gasteiger partial charge in [0.1, 0.15) is 6.61 Å². The molecule has 0 aromatic carbocycles. The second-order valence-corrected chi connectivity index (χ2v) is 9.64. The van der Waals surface area contributed by atoms with Crippen molar-refractivity contribution in [3.8, 4) is 0 Å². The molecular weight excluding hydrogens is 482 g/mol. The quantitative estimate of drug-likeness (QED) is 0.121. The average molecular weight is 535 g/mol. The Balaban J connectivity index is -0.00000544. The number of amides is 1. The molecule has 8 nitrogen and oxygen atoms in total. The zero-order chi connectivity index (χ0) is 25.4. The molecule has 0 aromatic heterocycles. The molecule has 0 aliphatic heterocycles. The number of aliphatic carboxylic acids is 2. The fourth-order valence-corrected chi connectivity index (χ4v) is 3.86. The van der Waals surface area contributed by atoms with Crippen LogP contribution in [0, 0.1) is 5.92 Å². The summed E-state index contributed by atoms with van der Waals surface area (Å²) in [6, 6.07) is 0. The van der Waals surface area contributed by atoms with E-state index >= 15 is 0 Å². The van der Waals surface area contributed by atoms with Gasteiger partial charge in [-0.25, -0.2) is 4.79 Å². The van der Waals surface area contributed by atoms with Gasteiger partial charge in [-0.05, 0) is 12.3 Å². The van der Waals surface area contributed by atoms with Gasteiger partial charge in [-0.2, -0.15) is 0 Å². The molecule has 3 N–H and O–H groups in total. The number of hydrogen-bond acceptors (Lipinski definition) is 5. The molecule has 0 fully saturated rings. The number of hydrogen-bond donors (Lipinski definition) is 3. The number of rotatable bonds is 25. The van der Waals surface area contributed by atoms with Gasteiger partial charge in [0, 0.05) is 26.1 Å². The topological polar surface area (TPSA) is 116 Å². The number of nitrogens with one attached hydrogen (secondary N) is 1. The molecule has 0 unspecified atom stereocenters. The molecule has 0 radical (unpaired) electrons. The number of unbranched alkanes of at least 4 members (excludes halogenated alkanes) is 11. The van der Waals surface area contributed by atoms with Crippen molar-refractivity contribution in [1.82, 2.24) is 10.2 Å². The van der Waals surface area contributed by atoms with Gasteiger partial charge in [-0.1, -0.05) is 90.9 Å². The molecule has 36 heavy (non-hydrogen) atoms. The van der Waals surface area contributed by atoms with Crippen LogP contribution in [-0.4, -0.2) is 131 Å².